The molecule has 0 spiro atoms. The van der Waals surface area contributed by atoms with Gasteiger partial charge in [0.15, 0.2) is 0 Å². The molecule has 3 rings (SSSR count). The van der Waals surface area contributed by atoms with Crippen LogP contribution in [0.5, 0.6) is 0 Å². The van der Waals surface area contributed by atoms with Crippen molar-refractivity contribution in [3.8, 4) is 0 Å². The van der Waals surface area contributed by atoms with Crippen LogP contribution in [0.15, 0.2) is 36.7 Å². The summed E-state index contributed by atoms with van der Waals surface area (Å²) in [5, 5.41) is 8.64. The van der Waals surface area contributed by atoms with Crippen LogP contribution in [0, 0.1) is 0 Å². The minimum atomic E-state index is -0.0642. The molecule has 1 saturated heterocycles. The highest BCUT2D eigenvalue weighted by atomic mass is 16.2. The van der Waals surface area contributed by atoms with Crippen LogP contribution in [-0.2, 0) is 11.3 Å². The van der Waals surface area contributed by atoms with Crippen molar-refractivity contribution in [3.05, 3.63) is 42.2 Å². The maximum Gasteiger partial charge on any atom is 0.237 e. The number of carbonyl (C=O) groups excluding carboxylic acids is 1. The third kappa shape index (κ3) is 2.96. The maximum atomic E-state index is 11.9. The molecule has 4 nitrogen and oxygen atoms in total. The van der Waals surface area contributed by atoms with Crippen LogP contribution < -0.4 is 10.6 Å². The number of hydrogen-bond acceptors (Lipinski definition) is 3. The predicted octanol–water partition coefficient (Wildman–Crippen LogP) is 1.99. The summed E-state index contributed by atoms with van der Waals surface area (Å²) in [5.74, 6) is 0.132. The van der Waals surface area contributed by atoms with Crippen molar-refractivity contribution in [3.63, 3.8) is 0 Å². The van der Waals surface area contributed by atoms with Crippen LogP contribution in [0.4, 0.5) is 0 Å². The zero-order valence-corrected chi connectivity index (χ0v) is 11.4. The van der Waals surface area contributed by atoms with E-state index in [9.17, 15) is 4.79 Å². The first-order valence-corrected chi connectivity index (χ1v) is 7.17. The molecule has 1 amide bonds. The molecule has 1 fully saturated rings. The molecular weight excluding hydrogens is 250 g/mol. The highest BCUT2D eigenvalue weighted by molar-refractivity contribution is 5.82. The molecule has 1 unspecified atom stereocenters. The molecule has 0 radical (unpaired) electrons. The van der Waals surface area contributed by atoms with Gasteiger partial charge in [0.2, 0.25) is 5.91 Å². The second-order valence-electron chi connectivity index (χ2n) is 5.28. The number of benzene rings is 1. The molecule has 1 aliphatic heterocycles. The van der Waals surface area contributed by atoms with E-state index < -0.39 is 0 Å². The second-order valence-corrected chi connectivity index (χ2v) is 5.28. The van der Waals surface area contributed by atoms with Gasteiger partial charge in [0, 0.05) is 30.9 Å². The summed E-state index contributed by atoms with van der Waals surface area (Å²) in [5.41, 5.74) is 1.20. The molecule has 2 heterocycles. The van der Waals surface area contributed by atoms with Crippen molar-refractivity contribution < 1.29 is 4.79 Å². The molecule has 1 aromatic carbocycles. The average Bonchev–Trinajstić information content (AvgIpc) is 2.69. The Bertz CT molecular complexity index is 611. The number of carbonyl (C=O) groups is 1. The lowest BCUT2D eigenvalue weighted by molar-refractivity contribution is -0.122. The van der Waals surface area contributed by atoms with Gasteiger partial charge in [-0.2, -0.15) is 0 Å². The van der Waals surface area contributed by atoms with Crippen LogP contribution in [-0.4, -0.2) is 23.5 Å². The summed E-state index contributed by atoms with van der Waals surface area (Å²) in [4.78, 5) is 16.0. The fraction of sp³-hybridized carbons (Fsp3) is 0.375. The lowest BCUT2D eigenvalue weighted by Crippen LogP contribution is -2.42. The SMILES string of the molecule is O=C1NCCCCC1NCc1ccc2cnccc2c1. The average molecular weight is 269 g/mol. The van der Waals surface area contributed by atoms with E-state index in [4.69, 9.17) is 0 Å². The topological polar surface area (TPSA) is 54.0 Å². The van der Waals surface area contributed by atoms with Crippen molar-refractivity contribution in [1.29, 1.82) is 0 Å². The zero-order chi connectivity index (χ0) is 13.8. The van der Waals surface area contributed by atoms with E-state index in [1.807, 2.05) is 12.3 Å². The number of amides is 1. The summed E-state index contributed by atoms with van der Waals surface area (Å²) in [6.45, 7) is 1.52. The Balaban J connectivity index is 1.68. The van der Waals surface area contributed by atoms with Crippen LogP contribution in [0.3, 0.4) is 0 Å². The quantitative estimate of drug-likeness (QED) is 0.896. The number of fused-ring (bicyclic) bond motifs is 1. The smallest absolute Gasteiger partial charge is 0.237 e. The zero-order valence-electron chi connectivity index (χ0n) is 11.4. The van der Waals surface area contributed by atoms with E-state index in [-0.39, 0.29) is 11.9 Å². The Kier molecular flexibility index (Phi) is 3.92. The van der Waals surface area contributed by atoms with Crippen LogP contribution >= 0.6 is 0 Å². The third-order valence-corrected chi connectivity index (χ3v) is 3.79. The van der Waals surface area contributed by atoms with Crippen molar-refractivity contribution in [2.45, 2.75) is 31.8 Å². The lowest BCUT2D eigenvalue weighted by atomic mass is 10.1. The highest BCUT2D eigenvalue weighted by Crippen LogP contribution is 2.15. The molecular formula is C16H19N3O. The van der Waals surface area contributed by atoms with Gasteiger partial charge in [0.25, 0.3) is 0 Å². The van der Waals surface area contributed by atoms with Crippen molar-refractivity contribution in [2.24, 2.45) is 0 Å². The molecule has 1 atom stereocenters. The summed E-state index contributed by atoms with van der Waals surface area (Å²) in [6.07, 6.45) is 6.76. The monoisotopic (exact) mass is 269 g/mol. The minimum absolute atomic E-state index is 0.0642. The Morgan fingerprint density at radius 2 is 2.20 bits per heavy atom. The lowest BCUT2D eigenvalue weighted by Gasteiger charge is -2.15. The molecule has 1 aliphatic rings. The Morgan fingerprint density at radius 1 is 1.25 bits per heavy atom. The molecule has 1 aromatic heterocycles. The van der Waals surface area contributed by atoms with Gasteiger partial charge >= 0.3 is 0 Å². The molecule has 104 valence electrons. The number of nitrogens with one attached hydrogen (secondary N) is 2. The van der Waals surface area contributed by atoms with Crippen molar-refractivity contribution in [2.75, 3.05) is 6.54 Å². The molecule has 0 aliphatic carbocycles. The molecule has 2 N–H and O–H groups in total. The Morgan fingerprint density at radius 3 is 3.15 bits per heavy atom. The third-order valence-electron chi connectivity index (χ3n) is 3.79. The summed E-state index contributed by atoms with van der Waals surface area (Å²) < 4.78 is 0. The summed E-state index contributed by atoms with van der Waals surface area (Å²) in [6, 6.07) is 8.26. The highest BCUT2D eigenvalue weighted by Gasteiger charge is 2.19. The predicted molar refractivity (Wildman–Crippen MR) is 79.2 cm³/mol. The van der Waals surface area contributed by atoms with Crippen LogP contribution in [0.25, 0.3) is 10.8 Å². The van der Waals surface area contributed by atoms with Crippen molar-refractivity contribution >= 4 is 16.7 Å². The minimum Gasteiger partial charge on any atom is -0.355 e. The summed E-state index contributed by atoms with van der Waals surface area (Å²) >= 11 is 0. The van der Waals surface area contributed by atoms with Gasteiger partial charge in [-0.15, -0.1) is 0 Å². The number of nitrogens with zero attached hydrogens (tertiary/aromatic N) is 1. The normalized spacial score (nSPS) is 19.6. The van der Waals surface area contributed by atoms with E-state index in [0.29, 0.717) is 0 Å². The fourth-order valence-electron chi connectivity index (χ4n) is 2.62. The van der Waals surface area contributed by atoms with Gasteiger partial charge in [0.05, 0.1) is 6.04 Å². The van der Waals surface area contributed by atoms with Gasteiger partial charge in [-0.25, -0.2) is 0 Å². The first kappa shape index (κ1) is 13.1. The number of hydrogen-bond donors (Lipinski definition) is 2. The number of rotatable bonds is 3. The molecule has 0 saturated carbocycles. The van der Waals surface area contributed by atoms with Gasteiger partial charge in [-0.3, -0.25) is 9.78 Å². The molecule has 20 heavy (non-hydrogen) atoms. The van der Waals surface area contributed by atoms with E-state index in [0.717, 1.165) is 37.7 Å². The van der Waals surface area contributed by atoms with Crippen LogP contribution in [0.1, 0.15) is 24.8 Å². The van der Waals surface area contributed by atoms with Gasteiger partial charge in [0.1, 0.15) is 0 Å². The number of aromatic nitrogens is 1. The van der Waals surface area contributed by atoms with E-state index >= 15 is 0 Å². The first-order valence-electron chi connectivity index (χ1n) is 7.17. The van der Waals surface area contributed by atoms with Crippen LogP contribution in [0.2, 0.25) is 0 Å². The molecule has 4 heteroatoms. The van der Waals surface area contributed by atoms with Gasteiger partial charge in [-0.1, -0.05) is 12.1 Å². The van der Waals surface area contributed by atoms with Gasteiger partial charge < -0.3 is 10.6 Å². The molecule has 2 aromatic rings. The number of pyridine rings is 1. The summed E-state index contributed by atoms with van der Waals surface area (Å²) in [7, 11) is 0. The van der Waals surface area contributed by atoms with E-state index in [1.165, 1.54) is 10.9 Å². The maximum absolute atomic E-state index is 11.9. The standard InChI is InChI=1S/C16H19N3O/c20-16-15(3-1-2-7-18-16)19-10-12-4-5-14-11-17-8-6-13(14)9-12/h4-6,8-9,11,15,19H,1-3,7,10H2,(H,18,20). The van der Waals surface area contributed by atoms with Crippen molar-refractivity contribution in [1.82, 2.24) is 15.6 Å². The Labute approximate surface area is 118 Å². The Hall–Kier alpha value is -1.94. The largest absolute Gasteiger partial charge is 0.355 e. The van der Waals surface area contributed by atoms with Gasteiger partial charge in [-0.05, 0) is 42.3 Å². The van der Waals surface area contributed by atoms with E-state index in [1.54, 1.807) is 6.20 Å². The fourth-order valence-corrected chi connectivity index (χ4v) is 2.62. The second kappa shape index (κ2) is 6.01. The molecule has 0 bridgehead atoms. The van der Waals surface area contributed by atoms with E-state index in [2.05, 4.69) is 33.8 Å². The first-order chi connectivity index (χ1) is 9.83.